The Kier molecular flexibility index (Phi) is 6.62. The van der Waals surface area contributed by atoms with Gasteiger partial charge in [0.2, 0.25) is 0 Å². The van der Waals surface area contributed by atoms with Crippen LogP contribution in [-0.2, 0) is 14.3 Å². The highest BCUT2D eigenvalue weighted by Crippen LogP contribution is 2.34. The minimum atomic E-state index is -0.918. The number of nitrogens with zero attached hydrogens (tertiary/aromatic N) is 3. The molecule has 2 atom stereocenters. The number of amides is 2. The van der Waals surface area contributed by atoms with Gasteiger partial charge >= 0.3 is 18.2 Å². The third kappa shape index (κ3) is 5.39. The molecule has 31 heavy (non-hydrogen) atoms. The van der Waals surface area contributed by atoms with E-state index in [1.165, 1.54) is 12.0 Å². The van der Waals surface area contributed by atoms with E-state index < -0.39 is 23.6 Å². The van der Waals surface area contributed by atoms with E-state index >= 15 is 0 Å². The molecule has 1 aromatic carbocycles. The maximum absolute atomic E-state index is 12.2. The molecular weight excluding hydrogens is 402 g/mol. The topological polar surface area (TPSA) is 99.6 Å². The van der Waals surface area contributed by atoms with Gasteiger partial charge in [0.25, 0.3) is 0 Å². The fourth-order valence-electron chi connectivity index (χ4n) is 4.08. The van der Waals surface area contributed by atoms with Crippen LogP contribution < -0.4 is 4.90 Å². The van der Waals surface area contributed by atoms with Gasteiger partial charge in [-0.3, -0.25) is 4.79 Å². The van der Waals surface area contributed by atoms with Crippen LogP contribution in [0.15, 0.2) is 24.3 Å². The van der Waals surface area contributed by atoms with E-state index in [0.717, 1.165) is 11.3 Å². The van der Waals surface area contributed by atoms with E-state index in [-0.39, 0.29) is 18.6 Å². The average molecular weight is 434 g/mol. The van der Waals surface area contributed by atoms with Crippen LogP contribution >= 0.6 is 0 Å². The zero-order chi connectivity index (χ0) is 22.8. The number of carboxylic acids is 1. The monoisotopic (exact) mass is 433 g/mol. The molecule has 170 valence electrons. The van der Waals surface area contributed by atoms with Crippen molar-refractivity contribution in [2.75, 3.05) is 51.3 Å². The number of piperazine rings is 1. The SMILES string of the molecule is COC(=O)N1C[C@H](c2ccc(N3CCN(C(=O)OC(C)(C)C)CC3)cc2)[C@H](C(=O)O)C1. The van der Waals surface area contributed by atoms with Gasteiger partial charge in [0.15, 0.2) is 0 Å². The Hall–Kier alpha value is -2.97. The van der Waals surface area contributed by atoms with Crippen molar-refractivity contribution in [2.24, 2.45) is 5.92 Å². The lowest BCUT2D eigenvalue weighted by atomic mass is 9.89. The summed E-state index contributed by atoms with van der Waals surface area (Å²) in [6.45, 7) is 8.55. The number of likely N-dealkylation sites (tertiary alicyclic amines) is 1. The molecule has 9 nitrogen and oxygen atoms in total. The Balaban J connectivity index is 1.62. The summed E-state index contributed by atoms with van der Waals surface area (Å²) in [7, 11) is 1.29. The molecule has 3 rings (SSSR count). The van der Waals surface area contributed by atoms with Crippen molar-refractivity contribution < 1.29 is 29.0 Å². The van der Waals surface area contributed by atoms with Crippen LogP contribution in [-0.4, -0.2) is 85.0 Å². The maximum Gasteiger partial charge on any atom is 0.410 e. The summed E-state index contributed by atoms with van der Waals surface area (Å²) < 4.78 is 10.2. The van der Waals surface area contributed by atoms with Crippen LogP contribution in [0.2, 0.25) is 0 Å². The van der Waals surface area contributed by atoms with Crippen LogP contribution in [0.5, 0.6) is 0 Å². The number of carbonyl (C=O) groups excluding carboxylic acids is 2. The second-order valence-corrected chi connectivity index (χ2v) is 8.97. The normalized spacial score (nSPS) is 21.7. The molecule has 2 heterocycles. The first-order chi connectivity index (χ1) is 14.6. The fourth-order valence-corrected chi connectivity index (χ4v) is 4.08. The number of aliphatic carboxylic acids is 1. The van der Waals surface area contributed by atoms with Crippen molar-refractivity contribution in [1.82, 2.24) is 9.80 Å². The number of hydrogen-bond acceptors (Lipinski definition) is 6. The van der Waals surface area contributed by atoms with Crippen LogP contribution in [0.4, 0.5) is 15.3 Å². The molecule has 0 bridgehead atoms. The third-order valence-corrected chi connectivity index (χ3v) is 5.69. The zero-order valence-corrected chi connectivity index (χ0v) is 18.5. The van der Waals surface area contributed by atoms with E-state index in [4.69, 9.17) is 9.47 Å². The van der Waals surface area contributed by atoms with Gasteiger partial charge in [-0.25, -0.2) is 9.59 Å². The Morgan fingerprint density at radius 3 is 2.06 bits per heavy atom. The van der Waals surface area contributed by atoms with Gasteiger partial charge in [-0.1, -0.05) is 12.1 Å². The second-order valence-electron chi connectivity index (χ2n) is 8.97. The molecule has 0 aliphatic carbocycles. The Morgan fingerprint density at radius 2 is 1.55 bits per heavy atom. The highest BCUT2D eigenvalue weighted by molar-refractivity contribution is 5.75. The Bertz CT molecular complexity index is 812. The van der Waals surface area contributed by atoms with Crippen molar-refractivity contribution >= 4 is 23.8 Å². The Labute approximate surface area is 182 Å². The molecule has 2 aliphatic heterocycles. The minimum absolute atomic E-state index is 0.140. The molecular formula is C22H31N3O6. The zero-order valence-electron chi connectivity index (χ0n) is 18.5. The van der Waals surface area contributed by atoms with E-state index in [1.54, 1.807) is 4.90 Å². The molecule has 2 aliphatic rings. The summed E-state index contributed by atoms with van der Waals surface area (Å²) in [5, 5.41) is 9.59. The molecule has 2 saturated heterocycles. The molecule has 0 unspecified atom stereocenters. The number of carbonyl (C=O) groups is 3. The summed E-state index contributed by atoms with van der Waals surface area (Å²) in [4.78, 5) is 41.1. The lowest BCUT2D eigenvalue weighted by molar-refractivity contribution is -0.141. The average Bonchev–Trinajstić information content (AvgIpc) is 3.18. The Morgan fingerprint density at radius 1 is 0.935 bits per heavy atom. The van der Waals surface area contributed by atoms with E-state index in [1.807, 2.05) is 45.0 Å². The molecule has 0 saturated carbocycles. The second kappa shape index (κ2) is 9.03. The minimum Gasteiger partial charge on any atom is -0.481 e. The highest BCUT2D eigenvalue weighted by atomic mass is 16.6. The van der Waals surface area contributed by atoms with Crippen LogP contribution in [0.25, 0.3) is 0 Å². The summed E-state index contributed by atoms with van der Waals surface area (Å²) in [6, 6.07) is 7.80. The van der Waals surface area contributed by atoms with Gasteiger partial charge in [-0.15, -0.1) is 0 Å². The lowest BCUT2D eigenvalue weighted by Crippen LogP contribution is -2.50. The highest BCUT2D eigenvalue weighted by Gasteiger charge is 2.41. The van der Waals surface area contributed by atoms with E-state index in [0.29, 0.717) is 32.7 Å². The first-order valence-electron chi connectivity index (χ1n) is 10.5. The first-order valence-corrected chi connectivity index (χ1v) is 10.5. The van der Waals surface area contributed by atoms with Gasteiger partial charge in [0, 0.05) is 50.9 Å². The quantitative estimate of drug-likeness (QED) is 0.782. The number of anilines is 1. The standard InChI is InChI=1S/C22H31N3O6/c1-22(2,3)31-21(29)24-11-9-23(10-12-24)16-7-5-15(6-8-16)17-13-25(20(28)30-4)14-18(17)19(26)27/h5-8,17-18H,9-14H2,1-4H3,(H,26,27)/t17-,18-/m1/s1. The molecule has 1 N–H and O–H groups in total. The third-order valence-electron chi connectivity index (χ3n) is 5.69. The smallest absolute Gasteiger partial charge is 0.410 e. The number of ether oxygens (including phenoxy) is 2. The number of benzene rings is 1. The predicted octanol–water partition coefficient (Wildman–Crippen LogP) is 2.61. The number of rotatable bonds is 3. The summed E-state index contributed by atoms with van der Waals surface area (Å²) in [5.74, 6) is -1.87. The first kappa shape index (κ1) is 22.7. The lowest BCUT2D eigenvalue weighted by Gasteiger charge is -2.36. The van der Waals surface area contributed by atoms with Gasteiger partial charge in [-0.05, 0) is 38.5 Å². The van der Waals surface area contributed by atoms with E-state index in [9.17, 15) is 19.5 Å². The number of carboxylic acid groups (broad SMARTS) is 1. The number of hydrogen-bond donors (Lipinski definition) is 1. The largest absolute Gasteiger partial charge is 0.481 e. The molecule has 1 aromatic rings. The van der Waals surface area contributed by atoms with Crippen molar-refractivity contribution in [3.8, 4) is 0 Å². The van der Waals surface area contributed by atoms with Crippen molar-refractivity contribution in [3.63, 3.8) is 0 Å². The van der Waals surface area contributed by atoms with Crippen molar-refractivity contribution in [2.45, 2.75) is 32.3 Å². The molecule has 0 spiro atoms. The summed E-state index contributed by atoms with van der Waals surface area (Å²) >= 11 is 0. The van der Waals surface area contributed by atoms with Gasteiger partial charge < -0.3 is 29.3 Å². The van der Waals surface area contributed by atoms with E-state index in [2.05, 4.69) is 4.90 Å². The fraction of sp³-hybridized carbons (Fsp3) is 0.591. The summed E-state index contributed by atoms with van der Waals surface area (Å²) in [6.07, 6.45) is -0.799. The van der Waals surface area contributed by atoms with Crippen molar-refractivity contribution in [1.29, 1.82) is 0 Å². The van der Waals surface area contributed by atoms with Gasteiger partial charge in [0.05, 0.1) is 13.0 Å². The molecule has 9 heteroatoms. The number of methoxy groups -OCH3 is 1. The van der Waals surface area contributed by atoms with Gasteiger partial charge in [0.1, 0.15) is 5.60 Å². The molecule has 2 fully saturated rings. The van der Waals surface area contributed by atoms with Crippen LogP contribution in [0.1, 0.15) is 32.3 Å². The molecule has 0 radical (unpaired) electrons. The maximum atomic E-state index is 12.2. The predicted molar refractivity (Wildman–Crippen MR) is 114 cm³/mol. The van der Waals surface area contributed by atoms with Crippen molar-refractivity contribution in [3.05, 3.63) is 29.8 Å². The summed E-state index contributed by atoms with van der Waals surface area (Å²) in [5.41, 5.74) is 1.39. The van der Waals surface area contributed by atoms with Crippen LogP contribution in [0, 0.1) is 5.92 Å². The molecule has 2 amide bonds. The molecule has 0 aromatic heterocycles. The van der Waals surface area contributed by atoms with Crippen LogP contribution in [0.3, 0.4) is 0 Å². The van der Waals surface area contributed by atoms with Gasteiger partial charge in [-0.2, -0.15) is 0 Å².